The van der Waals surface area contributed by atoms with E-state index in [9.17, 15) is 15.3 Å². The van der Waals surface area contributed by atoms with Gasteiger partial charge in [0.1, 0.15) is 18.3 Å². The number of nitrogens with zero attached hydrogens (tertiary/aromatic N) is 4. The molecule has 0 saturated carbocycles. The van der Waals surface area contributed by atoms with Crippen molar-refractivity contribution in [3.63, 3.8) is 0 Å². The van der Waals surface area contributed by atoms with Crippen LogP contribution < -0.4 is 11.1 Å². The van der Waals surface area contributed by atoms with E-state index in [1.165, 1.54) is 10.9 Å². The summed E-state index contributed by atoms with van der Waals surface area (Å²) in [6, 6.07) is 7.58. The molecule has 3 aromatic rings. The lowest BCUT2D eigenvalue weighted by molar-refractivity contribution is -0.0511. The number of aromatic nitrogens is 4. The highest BCUT2D eigenvalue weighted by Crippen LogP contribution is 2.32. The largest absolute Gasteiger partial charge is 0.394 e. The van der Waals surface area contributed by atoms with Crippen molar-refractivity contribution in [3.05, 3.63) is 41.2 Å². The molecule has 4 atom stereocenters. The minimum absolute atomic E-state index is 0.0243. The van der Waals surface area contributed by atoms with Crippen molar-refractivity contribution in [2.45, 2.75) is 31.0 Å². The molecule has 11 heteroatoms. The molecule has 2 aromatic heterocycles. The van der Waals surface area contributed by atoms with Gasteiger partial charge in [0.2, 0.25) is 5.95 Å². The van der Waals surface area contributed by atoms with Crippen LogP contribution >= 0.6 is 11.6 Å². The Labute approximate surface area is 170 Å². The number of nitrogens with one attached hydrogen (secondary N) is 1. The third kappa shape index (κ3) is 3.85. The second-order valence-corrected chi connectivity index (χ2v) is 7.23. The molecule has 0 bridgehead atoms. The van der Waals surface area contributed by atoms with Crippen molar-refractivity contribution in [2.75, 3.05) is 24.2 Å². The van der Waals surface area contributed by atoms with Crippen LogP contribution in [0.3, 0.4) is 0 Å². The number of halogens is 1. The summed E-state index contributed by atoms with van der Waals surface area (Å²) in [5.74, 6) is 0.469. The van der Waals surface area contributed by atoms with Crippen LogP contribution in [0.4, 0.5) is 11.8 Å². The number of hydrogen-bond donors (Lipinski definition) is 5. The highest BCUT2D eigenvalue weighted by molar-refractivity contribution is 6.30. The fourth-order valence-electron chi connectivity index (χ4n) is 3.37. The Bertz CT molecular complexity index is 1020. The molecular weight excluding hydrogens is 400 g/mol. The van der Waals surface area contributed by atoms with Crippen molar-refractivity contribution < 1.29 is 20.1 Å². The summed E-state index contributed by atoms with van der Waals surface area (Å²) in [5.41, 5.74) is 7.72. The van der Waals surface area contributed by atoms with Crippen molar-refractivity contribution >= 4 is 34.5 Å². The smallest absolute Gasteiger partial charge is 0.224 e. The van der Waals surface area contributed by atoms with E-state index in [0.29, 0.717) is 35.0 Å². The number of anilines is 2. The molecule has 0 radical (unpaired) electrons. The number of nitrogens with two attached hydrogens (primary N) is 1. The molecule has 154 valence electrons. The molecule has 4 rings (SSSR count). The molecular formula is C18H21ClN6O4. The molecule has 0 unspecified atom stereocenters. The first kappa shape index (κ1) is 19.8. The van der Waals surface area contributed by atoms with Crippen LogP contribution in [0, 0.1) is 0 Å². The van der Waals surface area contributed by atoms with Crippen LogP contribution in [0.2, 0.25) is 5.02 Å². The van der Waals surface area contributed by atoms with Crippen LogP contribution in [0.25, 0.3) is 11.2 Å². The molecule has 0 spiro atoms. The zero-order valence-electron chi connectivity index (χ0n) is 15.3. The summed E-state index contributed by atoms with van der Waals surface area (Å²) in [5, 5.41) is 33.5. The second-order valence-electron chi connectivity index (χ2n) is 6.79. The molecule has 1 saturated heterocycles. The summed E-state index contributed by atoms with van der Waals surface area (Å²) in [7, 11) is 0. The van der Waals surface area contributed by atoms with Gasteiger partial charge in [0, 0.05) is 11.6 Å². The maximum absolute atomic E-state index is 10.3. The number of nitrogen functional groups attached to an aromatic ring is 1. The van der Waals surface area contributed by atoms with Gasteiger partial charge in [-0.1, -0.05) is 23.7 Å². The van der Waals surface area contributed by atoms with Crippen molar-refractivity contribution in [1.82, 2.24) is 19.5 Å². The lowest BCUT2D eigenvalue weighted by Crippen LogP contribution is -2.33. The fourth-order valence-corrected chi connectivity index (χ4v) is 3.58. The Morgan fingerprint density at radius 3 is 2.79 bits per heavy atom. The van der Waals surface area contributed by atoms with E-state index >= 15 is 0 Å². The highest BCUT2D eigenvalue weighted by atomic mass is 35.5. The number of imidazole rings is 1. The number of benzene rings is 1. The van der Waals surface area contributed by atoms with Gasteiger partial charge in [-0.25, -0.2) is 4.98 Å². The summed E-state index contributed by atoms with van der Waals surface area (Å²) >= 11 is 6.01. The molecule has 1 aliphatic heterocycles. The third-order valence-corrected chi connectivity index (χ3v) is 5.06. The Morgan fingerprint density at radius 2 is 2.07 bits per heavy atom. The minimum Gasteiger partial charge on any atom is -0.394 e. The maximum Gasteiger partial charge on any atom is 0.224 e. The van der Waals surface area contributed by atoms with E-state index in [1.54, 1.807) is 0 Å². The van der Waals surface area contributed by atoms with Gasteiger partial charge in [-0.15, -0.1) is 0 Å². The van der Waals surface area contributed by atoms with E-state index in [-0.39, 0.29) is 5.95 Å². The van der Waals surface area contributed by atoms with Crippen LogP contribution in [0.1, 0.15) is 11.8 Å². The van der Waals surface area contributed by atoms with Crippen LogP contribution in [0.5, 0.6) is 0 Å². The van der Waals surface area contributed by atoms with E-state index in [0.717, 1.165) is 5.56 Å². The first-order valence-electron chi connectivity index (χ1n) is 9.08. The summed E-state index contributed by atoms with van der Waals surface area (Å²) in [6.07, 6.45) is -2.19. The molecule has 0 amide bonds. The normalized spacial score (nSPS) is 24.3. The van der Waals surface area contributed by atoms with E-state index in [1.807, 2.05) is 24.3 Å². The monoisotopic (exact) mass is 420 g/mol. The number of hydrogen-bond acceptors (Lipinski definition) is 9. The highest BCUT2D eigenvalue weighted by Gasteiger charge is 2.44. The van der Waals surface area contributed by atoms with Gasteiger partial charge >= 0.3 is 0 Å². The summed E-state index contributed by atoms with van der Waals surface area (Å²) in [6.45, 7) is 0.140. The fraction of sp³-hybridized carbons (Fsp3) is 0.389. The Balaban J connectivity index is 1.57. The maximum atomic E-state index is 10.3. The number of aliphatic hydroxyl groups excluding tert-OH is 3. The van der Waals surface area contributed by atoms with Gasteiger partial charge in [-0.05, 0) is 24.1 Å². The lowest BCUT2D eigenvalue weighted by Gasteiger charge is -2.16. The zero-order valence-corrected chi connectivity index (χ0v) is 16.1. The van der Waals surface area contributed by atoms with E-state index in [4.69, 9.17) is 22.1 Å². The summed E-state index contributed by atoms with van der Waals surface area (Å²) in [4.78, 5) is 12.7. The lowest BCUT2D eigenvalue weighted by atomic mass is 10.1. The molecule has 3 heterocycles. The van der Waals surface area contributed by atoms with Gasteiger partial charge in [0.25, 0.3) is 0 Å². The zero-order chi connectivity index (χ0) is 20.5. The number of fused-ring (bicyclic) bond motifs is 1. The van der Waals surface area contributed by atoms with Gasteiger partial charge in [-0.2, -0.15) is 9.97 Å². The SMILES string of the molecule is Nc1nc(NCCc2cccc(Cl)c2)c2ncn([C@@H]3O[C@H](CO)[C@@H](O)[C@H]3O)c2n1. The Hall–Kier alpha value is -2.50. The van der Waals surface area contributed by atoms with Crippen molar-refractivity contribution in [1.29, 1.82) is 0 Å². The van der Waals surface area contributed by atoms with Crippen LogP contribution in [0.15, 0.2) is 30.6 Å². The van der Waals surface area contributed by atoms with Crippen LogP contribution in [-0.2, 0) is 11.2 Å². The van der Waals surface area contributed by atoms with Gasteiger partial charge in [0.05, 0.1) is 12.9 Å². The Kier molecular flexibility index (Phi) is 5.52. The molecule has 0 aliphatic carbocycles. The number of ether oxygens (including phenoxy) is 1. The molecule has 1 aromatic carbocycles. The molecule has 1 fully saturated rings. The average molecular weight is 421 g/mol. The van der Waals surface area contributed by atoms with E-state index in [2.05, 4.69) is 20.3 Å². The van der Waals surface area contributed by atoms with Gasteiger partial charge < -0.3 is 31.1 Å². The second kappa shape index (κ2) is 8.09. The van der Waals surface area contributed by atoms with E-state index < -0.39 is 31.1 Å². The topological polar surface area (TPSA) is 152 Å². The standard InChI is InChI=1S/C18H21ClN6O4/c19-10-3-1-2-9(6-10)4-5-21-15-12-16(24-18(20)23-15)25(8-22-12)17-14(28)13(27)11(7-26)29-17/h1-3,6,8,11,13-14,17,26-28H,4-5,7H2,(H3,20,21,23,24)/t11-,13-,14-,17-/m1/s1. The number of aliphatic hydroxyl groups is 3. The van der Waals surface area contributed by atoms with Crippen molar-refractivity contribution in [2.24, 2.45) is 0 Å². The minimum atomic E-state index is -1.25. The van der Waals surface area contributed by atoms with Gasteiger partial charge in [-0.3, -0.25) is 4.57 Å². The molecule has 1 aliphatic rings. The summed E-state index contributed by atoms with van der Waals surface area (Å²) < 4.78 is 7.03. The van der Waals surface area contributed by atoms with Gasteiger partial charge in [0.15, 0.2) is 23.2 Å². The predicted octanol–water partition coefficient (Wildman–Crippen LogP) is 0.328. The van der Waals surface area contributed by atoms with Crippen molar-refractivity contribution in [3.8, 4) is 0 Å². The molecule has 6 N–H and O–H groups in total. The first-order valence-corrected chi connectivity index (χ1v) is 9.46. The first-order chi connectivity index (χ1) is 14.0. The molecule has 10 nitrogen and oxygen atoms in total. The predicted molar refractivity (Wildman–Crippen MR) is 106 cm³/mol. The number of rotatable bonds is 6. The quantitative estimate of drug-likeness (QED) is 0.379. The van der Waals surface area contributed by atoms with Crippen LogP contribution in [-0.4, -0.2) is 66.3 Å². The average Bonchev–Trinajstić information content (AvgIpc) is 3.23. The molecule has 29 heavy (non-hydrogen) atoms. The Morgan fingerprint density at radius 1 is 1.24 bits per heavy atom. The third-order valence-electron chi connectivity index (χ3n) is 4.83.